The van der Waals surface area contributed by atoms with Gasteiger partial charge in [0.25, 0.3) is 0 Å². The lowest BCUT2D eigenvalue weighted by molar-refractivity contribution is -0.126. The van der Waals surface area contributed by atoms with Gasteiger partial charge in [-0.2, -0.15) is 0 Å². The summed E-state index contributed by atoms with van der Waals surface area (Å²) >= 11 is 1.72. The van der Waals surface area contributed by atoms with E-state index in [0.717, 1.165) is 38.2 Å². The van der Waals surface area contributed by atoms with E-state index in [9.17, 15) is 9.18 Å². The Morgan fingerprint density at radius 3 is 2.65 bits per heavy atom. The van der Waals surface area contributed by atoms with Crippen LogP contribution in [-0.4, -0.2) is 54.5 Å². The molecule has 1 amide bonds. The molecule has 0 saturated carbocycles. The number of nitrogens with one attached hydrogen (secondary N) is 1. The zero-order valence-corrected chi connectivity index (χ0v) is 16.0. The number of amides is 1. The molecule has 2 heterocycles. The number of rotatable bonds is 7. The number of benzene rings is 1. The standard InChI is InChI=1S/C20H26FN3OS/c1-16(20(25)22-9-8-18-6-4-14-26-18)24-12-10-23(11-13-24)15-17-5-2-3-7-19(17)21/h2-7,14,16H,8-13,15H2,1H3,(H,22,25)/t16-/m0/s1. The predicted molar refractivity (Wildman–Crippen MR) is 104 cm³/mol. The van der Waals surface area contributed by atoms with Crippen LogP contribution in [0.15, 0.2) is 41.8 Å². The first-order valence-electron chi connectivity index (χ1n) is 9.13. The molecule has 1 aliphatic rings. The number of hydrogen-bond acceptors (Lipinski definition) is 4. The molecule has 4 nitrogen and oxygen atoms in total. The Hall–Kier alpha value is -1.76. The van der Waals surface area contributed by atoms with Gasteiger partial charge >= 0.3 is 0 Å². The van der Waals surface area contributed by atoms with Crippen molar-refractivity contribution in [3.63, 3.8) is 0 Å². The van der Waals surface area contributed by atoms with Crippen LogP contribution in [0.3, 0.4) is 0 Å². The van der Waals surface area contributed by atoms with Crippen molar-refractivity contribution in [2.24, 2.45) is 0 Å². The van der Waals surface area contributed by atoms with Gasteiger partial charge in [0.2, 0.25) is 5.91 Å². The molecule has 0 aliphatic carbocycles. The Morgan fingerprint density at radius 1 is 1.19 bits per heavy atom. The Kier molecular flexibility index (Phi) is 6.77. The van der Waals surface area contributed by atoms with Crippen molar-refractivity contribution in [2.75, 3.05) is 32.7 Å². The lowest BCUT2D eigenvalue weighted by atomic mass is 10.1. The minimum absolute atomic E-state index is 0.0871. The third-order valence-electron chi connectivity index (χ3n) is 4.94. The third-order valence-corrected chi connectivity index (χ3v) is 5.87. The first kappa shape index (κ1) is 19.0. The van der Waals surface area contributed by atoms with Crippen molar-refractivity contribution in [1.29, 1.82) is 0 Å². The van der Waals surface area contributed by atoms with E-state index in [1.807, 2.05) is 25.1 Å². The molecule has 0 bridgehead atoms. The Morgan fingerprint density at radius 2 is 1.96 bits per heavy atom. The number of nitrogens with zero attached hydrogens (tertiary/aromatic N) is 2. The first-order valence-corrected chi connectivity index (χ1v) is 10.0. The van der Waals surface area contributed by atoms with Crippen molar-refractivity contribution < 1.29 is 9.18 Å². The van der Waals surface area contributed by atoms with Gasteiger partial charge in [0.05, 0.1) is 6.04 Å². The van der Waals surface area contributed by atoms with Crippen molar-refractivity contribution in [3.8, 4) is 0 Å². The minimum Gasteiger partial charge on any atom is -0.354 e. The van der Waals surface area contributed by atoms with Crippen LogP contribution < -0.4 is 5.32 Å². The van der Waals surface area contributed by atoms with Crippen molar-refractivity contribution in [2.45, 2.75) is 25.9 Å². The highest BCUT2D eigenvalue weighted by molar-refractivity contribution is 7.09. The normalized spacial score (nSPS) is 17.2. The zero-order valence-electron chi connectivity index (χ0n) is 15.2. The third kappa shape index (κ3) is 5.13. The van der Waals surface area contributed by atoms with E-state index in [-0.39, 0.29) is 17.8 Å². The smallest absolute Gasteiger partial charge is 0.237 e. The summed E-state index contributed by atoms with van der Waals surface area (Å²) in [5.41, 5.74) is 0.736. The molecule has 1 aliphatic heterocycles. The van der Waals surface area contributed by atoms with Crippen LogP contribution >= 0.6 is 11.3 Å². The van der Waals surface area contributed by atoms with Crippen LogP contribution in [-0.2, 0) is 17.8 Å². The average molecular weight is 376 g/mol. The average Bonchev–Trinajstić information content (AvgIpc) is 3.17. The summed E-state index contributed by atoms with van der Waals surface area (Å²) in [6.07, 6.45) is 0.881. The zero-order chi connectivity index (χ0) is 18.4. The lowest BCUT2D eigenvalue weighted by Crippen LogP contribution is -2.53. The second kappa shape index (κ2) is 9.26. The summed E-state index contributed by atoms with van der Waals surface area (Å²) in [4.78, 5) is 18.1. The topological polar surface area (TPSA) is 35.6 Å². The maximum absolute atomic E-state index is 13.8. The molecule has 26 heavy (non-hydrogen) atoms. The SMILES string of the molecule is C[C@@H](C(=O)NCCc1cccs1)N1CCN(Cc2ccccc2F)CC1. The molecule has 1 N–H and O–H groups in total. The minimum atomic E-state index is -0.145. The fraction of sp³-hybridized carbons (Fsp3) is 0.450. The van der Waals surface area contributed by atoms with Gasteiger partial charge in [0, 0.05) is 49.7 Å². The van der Waals surface area contributed by atoms with Gasteiger partial charge in [-0.3, -0.25) is 14.6 Å². The Labute approximate surface area is 158 Å². The van der Waals surface area contributed by atoms with E-state index in [2.05, 4.69) is 26.6 Å². The number of carbonyl (C=O) groups is 1. The number of piperazine rings is 1. The van der Waals surface area contributed by atoms with E-state index >= 15 is 0 Å². The van der Waals surface area contributed by atoms with Crippen molar-refractivity contribution in [3.05, 3.63) is 58.0 Å². The largest absolute Gasteiger partial charge is 0.354 e. The Bertz CT molecular complexity index is 699. The summed E-state index contributed by atoms with van der Waals surface area (Å²) in [5, 5.41) is 5.10. The molecule has 1 aromatic carbocycles. The molecule has 0 unspecified atom stereocenters. The predicted octanol–water partition coefficient (Wildman–Crippen LogP) is 2.75. The molecule has 0 spiro atoms. The van der Waals surface area contributed by atoms with Gasteiger partial charge in [-0.05, 0) is 30.9 Å². The number of carbonyl (C=O) groups excluding carboxylic acids is 1. The molecular formula is C20H26FN3OS. The lowest BCUT2D eigenvalue weighted by Gasteiger charge is -2.37. The van der Waals surface area contributed by atoms with E-state index in [1.165, 1.54) is 10.9 Å². The maximum Gasteiger partial charge on any atom is 0.237 e. The number of thiophene rings is 1. The highest BCUT2D eigenvalue weighted by atomic mass is 32.1. The second-order valence-corrected chi connectivity index (χ2v) is 7.73. The fourth-order valence-corrected chi connectivity index (χ4v) is 3.96. The Balaban J connectivity index is 1.40. The summed E-state index contributed by atoms with van der Waals surface area (Å²) in [6, 6.07) is 10.9. The highest BCUT2D eigenvalue weighted by Gasteiger charge is 2.25. The molecule has 140 valence electrons. The summed E-state index contributed by atoms with van der Waals surface area (Å²) in [6.45, 7) is 6.62. The maximum atomic E-state index is 13.8. The monoisotopic (exact) mass is 375 g/mol. The van der Waals surface area contributed by atoms with Gasteiger partial charge in [-0.15, -0.1) is 11.3 Å². The van der Waals surface area contributed by atoms with Gasteiger partial charge < -0.3 is 5.32 Å². The molecule has 1 fully saturated rings. The van der Waals surface area contributed by atoms with Crippen LogP contribution in [0.4, 0.5) is 4.39 Å². The quantitative estimate of drug-likeness (QED) is 0.808. The molecule has 2 aromatic rings. The van der Waals surface area contributed by atoms with Crippen LogP contribution in [0.2, 0.25) is 0 Å². The van der Waals surface area contributed by atoms with E-state index < -0.39 is 0 Å². The van der Waals surface area contributed by atoms with E-state index in [4.69, 9.17) is 0 Å². The van der Waals surface area contributed by atoms with Crippen LogP contribution in [0.1, 0.15) is 17.4 Å². The molecule has 1 aromatic heterocycles. The van der Waals surface area contributed by atoms with Gasteiger partial charge in [0.15, 0.2) is 0 Å². The van der Waals surface area contributed by atoms with Crippen LogP contribution in [0, 0.1) is 5.82 Å². The number of halogens is 1. The fourth-order valence-electron chi connectivity index (χ4n) is 3.25. The van der Waals surface area contributed by atoms with Crippen molar-refractivity contribution in [1.82, 2.24) is 15.1 Å². The van der Waals surface area contributed by atoms with E-state index in [0.29, 0.717) is 13.1 Å². The molecular weight excluding hydrogens is 349 g/mol. The van der Waals surface area contributed by atoms with Crippen LogP contribution in [0.25, 0.3) is 0 Å². The molecule has 1 atom stereocenters. The van der Waals surface area contributed by atoms with Gasteiger partial charge in [-0.25, -0.2) is 4.39 Å². The first-order chi connectivity index (χ1) is 12.6. The molecule has 1 saturated heterocycles. The van der Waals surface area contributed by atoms with Gasteiger partial charge in [0.1, 0.15) is 5.82 Å². The number of hydrogen-bond donors (Lipinski definition) is 1. The molecule has 6 heteroatoms. The van der Waals surface area contributed by atoms with E-state index in [1.54, 1.807) is 17.4 Å². The van der Waals surface area contributed by atoms with Gasteiger partial charge in [-0.1, -0.05) is 24.3 Å². The summed E-state index contributed by atoms with van der Waals surface area (Å²) in [7, 11) is 0. The summed E-state index contributed by atoms with van der Waals surface area (Å²) in [5.74, 6) is -0.0578. The second-order valence-electron chi connectivity index (χ2n) is 6.70. The highest BCUT2D eigenvalue weighted by Crippen LogP contribution is 2.13. The molecule has 0 radical (unpaired) electrons. The van der Waals surface area contributed by atoms with Crippen LogP contribution in [0.5, 0.6) is 0 Å². The summed E-state index contributed by atoms with van der Waals surface area (Å²) < 4.78 is 13.8. The molecule has 3 rings (SSSR count). The van der Waals surface area contributed by atoms with Crippen molar-refractivity contribution >= 4 is 17.2 Å².